The van der Waals surface area contributed by atoms with Crippen molar-refractivity contribution in [3.05, 3.63) is 17.3 Å². The summed E-state index contributed by atoms with van der Waals surface area (Å²) < 4.78 is 0. The van der Waals surface area contributed by atoms with Gasteiger partial charge in [-0.05, 0) is 13.0 Å². The van der Waals surface area contributed by atoms with E-state index in [0.29, 0.717) is 5.69 Å². The van der Waals surface area contributed by atoms with Gasteiger partial charge in [-0.3, -0.25) is 4.79 Å². The first-order valence-electron chi connectivity index (χ1n) is 4.34. The lowest BCUT2D eigenvalue weighted by molar-refractivity contribution is -0.134. The number of thiazole rings is 1. The van der Waals surface area contributed by atoms with Crippen LogP contribution in [0, 0.1) is 6.92 Å². The van der Waals surface area contributed by atoms with Crippen molar-refractivity contribution >= 4 is 33.3 Å². The fraction of sp³-hybridized carbons (Fsp3) is 0.222. The molecule has 78 valence electrons. The van der Waals surface area contributed by atoms with Gasteiger partial charge >= 0.3 is 5.97 Å². The maximum Gasteiger partial charge on any atom is 0.322 e. The van der Waals surface area contributed by atoms with Crippen molar-refractivity contribution in [1.82, 2.24) is 9.97 Å². The third kappa shape index (κ3) is 2.04. The average Bonchev–Trinajstić information content (AvgIpc) is 2.55. The Morgan fingerprint density at radius 3 is 3.20 bits per heavy atom. The number of nitrogens with one attached hydrogen (secondary N) is 1. The molecule has 0 aromatic carbocycles. The van der Waals surface area contributed by atoms with E-state index in [0.717, 1.165) is 15.4 Å². The van der Waals surface area contributed by atoms with Gasteiger partial charge in [0.2, 0.25) is 0 Å². The molecule has 0 saturated heterocycles. The summed E-state index contributed by atoms with van der Waals surface area (Å²) in [5.74, 6) is -0.896. The van der Waals surface area contributed by atoms with Crippen LogP contribution >= 0.6 is 11.3 Å². The summed E-state index contributed by atoms with van der Waals surface area (Å²) in [7, 11) is 0. The summed E-state index contributed by atoms with van der Waals surface area (Å²) >= 11 is 1.49. The standard InChI is InChI=1S/C9H9N3O2S/c1-5-12-8-6(11-4-7(13)14)2-3-10-9(8)15-5/h2-3H,4H2,1H3,(H,10,11)(H,13,14). The second kappa shape index (κ2) is 3.82. The van der Waals surface area contributed by atoms with E-state index in [9.17, 15) is 4.79 Å². The van der Waals surface area contributed by atoms with Gasteiger partial charge in [-0.15, -0.1) is 0 Å². The molecule has 2 aromatic rings. The molecule has 0 aliphatic heterocycles. The summed E-state index contributed by atoms with van der Waals surface area (Å²) in [6.45, 7) is 1.78. The molecule has 0 unspecified atom stereocenters. The second-order valence-corrected chi connectivity index (χ2v) is 4.17. The number of rotatable bonds is 3. The number of aromatic nitrogens is 2. The molecule has 2 N–H and O–H groups in total. The van der Waals surface area contributed by atoms with Crippen LogP contribution in [0.4, 0.5) is 5.69 Å². The number of nitrogens with zero attached hydrogens (tertiary/aromatic N) is 2. The van der Waals surface area contributed by atoms with Gasteiger partial charge in [-0.2, -0.15) is 0 Å². The van der Waals surface area contributed by atoms with E-state index < -0.39 is 5.97 Å². The molecule has 0 atom stereocenters. The van der Waals surface area contributed by atoms with Crippen molar-refractivity contribution in [3.63, 3.8) is 0 Å². The first-order chi connectivity index (χ1) is 7.16. The molecule has 0 amide bonds. The molecule has 0 saturated carbocycles. The van der Waals surface area contributed by atoms with Gasteiger partial charge in [0.15, 0.2) is 0 Å². The summed E-state index contributed by atoms with van der Waals surface area (Å²) in [5.41, 5.74) is 1.45. The van der Waals surface area contributed by atoms with Gasteiger partial charge in [0, 0.05) is 6.20 Å². The number of pyridine rings is 1. The molecule has 6 heteroatoms. The highest BCUT2D eigenvalue weighted by Crippen LogP contribution is 2.25. The molecule has 0 aliphatic rings. The van der Waals surface area contributed by atoms with E-state index in [1.165, 1.54) is 11.3 Å². The number of hydrogen-bond acceptors (Lipinski definition) is 5. The molecule has 2 rings (SSSR count). The molecule has 0 fully saturated rings. The number of carbonyl (C=O) groups is 1. The van der Waals surface area contributed by atoms with Gasteiger partial charge < -0.3 is 10.4 Å². The molecule has 2 heterocycles. The molecule has 0 radical (unpaired) electrons. The van der Waals surface area contributed by atoms with Gasteiger partial charge in [-0.25, -0.2) is 9.97 Å². The third-order valence-corrected chi connectivity index (χ3v) is 2.71. The van der Waals surface area contributed by atoms with Gasteiger partial charge in [0.05, 0.1) is 10.7 Å². The highest BCUT2D eigenvalue weighted by molar-refractivity contribution is 7.18. The largest absolute Gasteiger partial charge is 0.480 e. The number of carboxylic acid groups (broad SMARTS) is 1. The minimum atomic E-state index is -0.896. The van der Waals surface area contributed by atoms with E-state index in [2.05, 4.69) is 15.3 Å². The zero-order valence-electron chi connectivity index (χ0n) is 8.02. The lowest BCUT2D eigenvalue weighted by Crippen LogP contribution is -2.12. The lowest BCUT2D eigenvalue weighted by Gasteiger charge is -2.02. The lowest BCUT2D eigenvalue weighted by atomic mass is 10.3. The minimum absolute atomic E-state index is 0.115. The minimum Gasteiger partial charge on any atom is -0.480 e. The topological polar surface area (TPSA) is 75.1 Å². The van der Waals surface area contributed by atoms with Crippen molar-refractivity contribution in [1.29, 1.82) is 0 Å². The molecule has 0 bridgehead atoms. The zero-order valence-corrected chi connectivity index (χ0v) is 8.84. The van der Waals surface area contributed by atoms with Crippen molar-refractivity contribution in [2.75, 3.05) is 11.9 Å². The van der Waals surface area contributed by atoms with Crippen LogP contribution in [0.2, 0.25) is 0 Å². The quantitative estimate of drug-likeness (QED) is 0.824. The highest BCUT2D eigenvalue weighted by Gasteiger charge is 2.07. The smallest absolute Gasteiger partial charge is 0.322 e. The van der Waals surface area contributed by atoms with Crippen molar-refractivity contribution < 1.29 is 9.90 Å². The van der Waals surface area contributed by atoms with Crippen molar-refractivity contribution in [2.24, 2.45) is 0 Å². The molecule has 5 nitrogen and oxygen atoms in total. The molecular weight excluding hydrogens is 214 g/mol. The molecule has 0 spiro atoms. The molecule has 2 aromatic heterocycles. The van der Waals surface area contributed by atoms with Gasteiger partial charge in [0.1, 0.15) is 16.9 Å². The first kappa shape index (κ1) is 9.85. The highest BCUT2D eigenvalue weighted by atomic mass is 32.1. The van der Waals surface area contributed by atoms with E-state index in [4.69, 9.17) is 5.11 Å². The van der Waals surface area contributed by atoms with Crippen LogP contribution in [0.3, 0.4) is 0 Å². The zero-order chi connectivity index (χ0) is 10.8. The monoisotopic (exact) mass is 223 g/mol. The van der Waals surface area contributed by atoms with E-state index in [-0.39, 0.29) is 6.54 Å². The number of anilines is 1. The van der Waals surface area contributed by atoms with Crippen LogP contribution in [-0.4, -0.2) is 27.6 Å². The Kier molecular flexibility index (Phi) is 2.51. The van der Waals surface area contributed by atoms with Crippen LogP contribution in [0.5, 0.6) is 0 Å². The fourth-order valence-corrected chi connectivity index (χ4v) is 2.03. The van der Waals surface area contributed by atoms with E-state index >= 15 is 0 Å². The second-order valence-electron chi connectivity index (χ2n) is 2.99. The number of aryl methyl sites for hydroxylation is 1. The Morgan fingerprint density at radius 1 is 1.67 bits per heavy atom. The molecule has 0 aliphatic carbocycles. The normalized spacial score (nSPS) is 10.5. The Balaban J connectivity index is 2.37. The predicted octanol–water partition coefficient (Wildman–Crippen LogP) is 1.50. The Morgan fingerprint density at radius 2 is 2.47 bits per heavy atom. The maximum atomic E-state index is 10.4. The van der Waals surface area contributed by atoms with Crippen molar-refractivity contribution in [3.8, 4) is 0 Å². The van der Waals surface area contributed by atoms with Gasteiger partial charge in [0.25, 0.3) is 0 Å². The number of hydrogen-bond donors (Lipinski definition) is 2. The number of aliphatic carboxylic acids is 1. The Hall–Kier alpha value is -1.69. The predicted molar refractivity (Wildman–Crippen MR) is 58.3 cm³/mol. The summed E-state index contributed by atoms with van der Waals surface area (Å²) in [5, 5.41) is 12.3. The van der Waals surface area contributed by atoms with Crippen LogP contribution < -0.4 is 5.32 Å². The average molecular weight is 223 g/mol. The Bertz CT molecular complexity index is 509. The van der Waals surface area contributed by atoms with E-state index in [1.807, 2.05) is 6.92 Å². The molecule has 15 heavy (non-hydrogen) atoms. The first-order valence-corrected chi connectivity index (χ1v) is 5.16. The van der Waals surface area contributed by atoms with Crippen LogP contribution in [0.1, 0.15) is 5.01 Å². The van der Waals surface area contributed by atoms with Crippen LogP contribution in [0.15, 0.2) is 12.3 Å². The summed E-state index contributed by atoms with van der Waals surface area (Å²) in [6.07, 6.45) is 1.64. The van der Waals surface area contributed by atoms with Crippen molar-refractivity contribution in [2.45, 2.75) is 6.92 Å². The summed E-state index contributed by atoms with van der Waals surface area (Å²) in [4.78, 5) is 19.7. The van der Waals surface area contributed by atoms with Gasteiger partial charge in [-0.1, -0.05) is 11.3 Å². The van der Waals surface area contributed by atoms with Crippen LogP contribution in [-0.2, 0) is 4.79 Å². The maximum absolute atomic E-state index is 10.4. The molecular formula is C9H9N3O2S. The SMILES string of the molecule is Cc1nc2c(NCC(=O)O)ccnc2s1. The van der Waals surface area contributed by atoms with E-state index in [1.54, 1.807) is 12.3 Å². The van der Waals surface area contributed by atoms with Crippen LogP contribution in [0.25, 0.3) is 10.3 Å². The Labute approximate surface area is 89.8 Å². The number of fused-ring (bicyclic) bond motifs is 1. The number of carboxylic acids is 1. The third-order valence-electron chi connectivity index (χ3n) is 1.83. The fourth-order valence-electron chi connectivity index (χ4n) is 1.25. The summed E-state index contributed by atoms with van der Waals surface area (Å²) in [6, 6.07) is 1.73.